The first-order chi connectivity index (χ1) is 11.7. The summed E-state index contributed by atoms with van der Waals surface area (Å²) in [5, 5.41) is 0. The molecule has 0 radical (unpaired) electrons. The van der Waals surface area contributed by atoms with Gasteiger partial charge < -0.3 is 15.2 Å². The van der Waals surface area contributed by atoms with Gasteiger partial charge in [-0.25, -0.2) is 0 Å². The second kappa shape index (κ2) is 7.62. The van der Waals surface area contributed by atoms with E-state index in [1.807, 2.05) is 78.9 Å². The molecule has 120 valence electrons. The van der Waals surface area contributed by atoms with Crippen molar-refractivity contribution >= 4 is 17.2 Å². The van der Waals surface area contributed by atoms with Gasteiger partial charge in [0.05, 0.1) is 5.56 Å². The maximum atomic E-state index is 5.87. The monoisotopic (exact) mass is 335 g/mol. The summed E-state index contributed by atoms with van der Waals surface area (Å²) in [6.07, 6.45) is 0. The van der Waals surface area contributed by atoms with Crippen molar-refractivity contribution in [2.75, 3.05) is 0 Å². The van der Waals surface area contributed by atoms with Gasteiger partial charge in [-0.15, -0.1) is 0 Å². The zero-order valence-corrected chi connectivity index (χ0v) is 13.8. The smallest absolute Gasteiger partial charge is 0.137 e. The highest BCUT2D eigenvalue weighted by atomic mass is 32.1. The first kappa shape index (κ1) is 16.0. The molecule has 24 heavy (non-hydrogen) atoms. The molecule has 2 N–H and O–H groups in total. The molecule has 3 rings (SSSR count). The van der Waals surface area contributed by atoms with Crippen LogP contribution in [-0.4, -0.2) is 4.99 Å². The van der Waals surface area contributed by atoms with Crippen molar-refractivity contribution in [2.24, 2.45) is 5.73 Å². The molecule has 0 aliphatic carbocycles. The van der Waals surface area contributed by atoms with Crippen molar-refractivity contribution in [3.63, 3.8) is 0 Å². The number of ether oxygens (including phenoxy) is 2. The third kappa shape index (κ3) is 4.12. The average Bonchev–Trinajstić information content (AvgIpc) is 2.62. The van der Waals surface area contributed by atoms with Crippen LogP contribution >= 0.6 is 12.2 Å². The molecular weight excluding hydrogens is 318 g/mol. The van der Waals surface area contributed by atoms with Crippen LogP contribution in [0.4, 0.5) is 0 Å². The Labute approximate surface area is 146 Å². The van der Waals surface area contributed by atoms with E-state index < -0.39 is 0 Å². The van der Waals surface area contributed by atoms with Crippen molar-refractivity contribution in [2.45, 2.75) is 6.61 Å². The summed E-state index contributed by atoms with van der Waals surface area (Å²) in [4.78, 5) is 0.313. The number of nitrogens with two attached hydrogens (primary N) is 1. The van der Waals surface area contributed by atoms with Crippen LogP contribution in [0.15, 0.2) is 78.9 Å². The van der Waals surface area contributed by atoms with Gasteiger partial charge in [0.25, 0.3) is 0 Å². The fourth-order valence-corrected chi connectivity index (χ4v) is 2.40. The molecular formula is C20H17NO2S. The van der Waals surface area contributed by atoms with Gasteiger partial charge in [-0.3, -0.25) is 0 Å². The standard InChI is InChI=1S/C20H17NO2S/c21-20(24)18-8-4-5-9-19(18)23-17-12-10-16(11-13-17)22-14-15-6-2-1-3-7-15/h1-13H,14H2,(H2,21,24). The summed E-state index contributed by atoms with van der Waals surface area (Å²) in [5.74, 6) is 2.13. The Morgan fingerprint density at radius 2 is 1.42 bits per heavy atom. The zero-order chi connectivity index (χ0) is 16.8. The van der Waals surface area contributed by atoms with Gasteiger partial charge in [-0.05, 0) is 42.0 Å². The highest BCUT2D eigenvalue weighted by Crippen LogP contribution is 2.27. The topological polar surface area (TPSA) is 44.5 Å². The van der Waals surface area contributed by atoms with E-state index in [-0.39, 0.29) is 0 Å². The minimum atomic E-state index is 0.313. The lowest BCUT2D eigenvalue weighted by Crippen LogP contribution is -2.10. The number of hydrogen-bond donors (Lipinski definition) is 1. The Morgan fingerprint density at radius 1 is 0.792 bits per heavy atom. The first-order valence-electron chi connectivity index (χ1n) is 7.56. The fraction of sp³-hybridized carbons (Fsp3) is 0.0500. The van der Waals surface area contributed by atoms with Gasteiger partial charge in [0.15, 0.2) is 0 Å². The lowest BCUT2D eigenvalue weighted by molar-refractivity contribution is 0.306. The normalized spacial score (nSPS) is 10.2. The minimum Gasteiger partial charge on any atom is -0.489 e. The van der Waals surface area contributed by atoms with Crippen LogP contribution < -0.4 is 15.2 Å². The van der Waals surface area contributed by atoms with E-state index in [1.54, 1.807) is 0 Å². The maximum absolute atomic E-state index is 5.87. The lowest BCUT2D eigenvalue weighted by atomic mass is 10.2. The van der Waals surface area contributed by atoms with Gasteiger partial charge in [0, 0.05) is 0 Å². The van der Waals surface area contributed by atoms with Crippen molar-refractivity contribution in [3.05, 3.63) is 90.0 Å². The van der Waals surface area contributed by atoms with Gasteiger partial charge in [-0.2, -0.15) is 0 Å². The van der Waals surface area contributed by atoms with Crippen LogP contribution in [0, 0.1) is 0 Å². The van der Waals surface area contributed by atoms with E-state index in [9.17, 15) is 0 Å². The fourth-order valence-electron chi connectivity index (χ4n) is 2.23. The molecule has 0 unspecified atom stereocenters. The Balaban J connectivity index is 1.66. The molecule has 0 heterocycles. The molecule has 3 nitrogen and oxygen atoms in total. The number of para-hydroxylation sites is 1. The average molecular weight is 335 g/mol. The van der Waals surface area contributed by atoms with Gasteiger partial charge in [0.1, 0.15) is 28.8 Å². The van der Waals surface area contributed by atoms with Gasteiger partial charge in [0.2, 0.25) is 0 Å². The molecule has 0 bridgehead atoms. The molecule has 0 saturated carbocycles. The molecule has 0 amide bonds. The minimum absolute atomic E-state index is 0.313. The maximum Gasteiger partial charge on any atom is 0.137 e. The van der Waals surface area contributed by atoms with Crippen molar-refractivity contribution in [3.8, 4) is 17.2 Å². The van der Waals surface area contributed by atoms with Crippen LogP contribution in [0.1, 0.15) is 11.1 Å². The van der Waals surface area contributed by atoms with Crippen LogP contribution in [-0.2, 0) is 6.61 Å². The molecule has 0 aromatic heterocycles. The predicted molar refractivity (Wildman–Crippen MR) is 99.6 cm³/mol. The van der Waals surface area contributed by atoms with E-state index in [0.29, 0.717) is 23.1 Å². The highest BCUT2D eigenvalue weighted by molar-refractivity contribution is 7.80. The van der Waals surface area contributed by atoms with E-state index in [2.05, 4.69) is 0 Å². The van der Waals surface area contributed by atoms with Gasteiger partial charge >= 0.3 is 0 Å². The summed E-state index contributed by atoms with van der Waals surface area (Å²) in [5.41, 5.74) is 7.57. The Bertz CT molecular complexity index is 817. The van der Waals surface area contributed by atoms with Crippen molar-refractivity contribution in [1.82, 2.24) is 0 Å². The van der Waals surface area contributed by atoms with Crippen molar-refractivity contribution < 1.29 is 9.47 Å². The van der Waals surface area contributed by atoms with E-state index in [0.717, 1.165) is 16.9 Å². The third-order valence-corrected chi connectivity index (χ3v) is 3.67. The Hall–Kier alpha value is -2.85. The molecule has 3 aromatic rings. The molecule has 0 fully saturated rings. The summed E-state index contributed by atoms with van der Waals surface area (Å²) in [6.45, 7) is 0.533. The molecule has 4 heteroatoms. The number of benzene rings is 3. The summed E-state index contributed by atoms with van der Waals surface area (Å²) in [7, 11) is 0. The second-order valence-corrected chi connectivity index (χ2v) is 5.65. The Kier molecular flexibility index (Phi) is 5.08. The SMILES string of the molecule is NC(=S)c1ccccc1Oc1ccc(OCc2ccccc2)cc1. The van der Waals surface area contributed by atoms with Crippen LogP contribution in [0.3, 0.4) is 0 Å². The summed E-state index contributed by atoms with van der Waals surface area (Å²) < 4.78 is 11.6. The number of hydrogen-bond acceptors (Lipinski definition) is 3. The second-order valence-electron chi connectivity index (χ2n) is 5.21. The zero-order valence-electron chi connectivity index (χ0n) is 13.0. The Morgan fingerprint density at radius 3 is 2.12 bits per heavy atom. The predicted octanol–water partition coefficient (Wildman–Crippen LogP) is 4.69. The van der Waals surface area contributed by atoms with E-state index in [1.165, 1.54) is 0 Å². The van der Waals surface area contributed by atoms with Gasteiger partial charge in [-0.1, -0.05) is 54.7 Å². The number of rotatable bonds is 6. The lowest BCUT2D eigenvalue weighted by Gasteiger charge is -2.11. The molecule has 0 atom stereocenters. The molecule has 0 spiro atoms. The largest absolute Gasteiger partial charge is 0.489 e. The number of thiocarbonyl (C=S) groups is 1. The molecule has 3 aromatic carbocycles. The highest BCUT2D eigenvalue weighted by Gasteiger charge is 2.06. The summed E-state index contributed by atoms with van der Waals surface area (Å²) in [6, 6.07) is 25.0. The van der Waals surface area contributed by atoms with Crippen LogP contribution in [0.5, 0.6) is 17.2 Å². The third-order valence-electron chi connectivity index (χ3n) is 3.45. The molecule has 0 aliphatic heterocycles. The first-order valence-corrected chi connectivity index (χ1v) is 7.97. The van der Waals surface area contributed by atoms with Crippen LogP contribution in [0.2, 0.25) is 0 Å². The van der Waals surface area contributed by atoms with E-state index in [4.69, 9.17) is 27.4 Å². The molecule has 0 saturated heterocycles. The quantitative estimate of drug-likeness (QED) is 0.664. The summed E-state index contributed by atoms with van der Waals surface area (Å²) >= 11 is 5.05. The molecule has 0 aliphatic rings. The van der Waals surface area contributed by atoms with Crippen molar-refractivity contribution in [1.29, 1.82) is 0 Å². The van der Waals surface area contributed by atoms with Crippen LogP contribution in [0.25, 0.3) is 0 Å². The van der Waals surface area contributed by atoms with E-state index >= 15 is 0 Å².